The van der Waals surface area contributed by atoms with E-state index in [2.05, 4.69) is 14.7 Å². The Bertz CT molecular complexity index is 442. The Morgan fingerprint density at radius 3 is 3.27 bits per heavy atom. The third-order valence-corrected chi connectivity index (χ3v) is 1.35. The minimum absolute atomic E-state index is 0.355. The molecule has 0 fully saturated rings. The normalized spacial score (nSPS) is 10.5. The number of hydrogen-bond donors (Lipinski definition) is 2. The van der Waals surface area contributed by atoms with Crippen molar-refractivity contribution in [1.82, 2.24) is 10.1 Å². The van der Waals surface area contributed by atoms with Crippen molar-refractivity contribution in [1.29, 1.82) is 0 Å². The van der Waals surface area contributed by atoms with Crippen LogP contribution in [0.15, 0.2) is 21.6 Å². The fourth-order valence-corrected chi connectivity index (χ4v) is 0.824. The van der Waals surface area contributed by atoms with Gasteiger partial charge in [-0.2, -0.15) is 0 Å². The summed E-state index contributed by atoms with van der Waals surface area (Å²) in [5, 5.41) is 12.4. The van der Waals surface area contributed by atoms with Gasteiger partial charge >= 0.3 is 0 Å². The zero-order valence-corrected chi connectivity index (χ0v) is 5.37. The van der Waals surface area contributed by atoms with Crippen molar-refractivity contribution in [2.45, 2.75) is 0 Å². The first kappa shape index (κ1) is 5.96. The van der Waals surface area contributed by atoms with Gasteiger partial charge < -0.3 is 14.6 Å². The molecule has 2 aromatic rings. The van der Waals surface area contributed by atoms with E-state index in [0.717, 1.165) is 0 Å². The lowest BCUT2D eigenvalue weighted by atomic mass is 10.4. The molecule has 2 aromatic heterocycles. The molecule has 0 unspecified atom stereocenters. The molecule has 0 aliphatic rings. The summed E-state index contributed by atoms with van der Waals surface area (Å²) in [5.41, 5.74) is 0.371. The quantitative estimate of drug-likeness (QED) is 0.566. The number of aromatic amines is 1. The molecular weight excluding hydrogens is 148 g/mol. The molecule has 0 aliphatic heterocycles. The highest BCUT2D eigenvalue weighted by atomic mass is 16.5. The van der Waals surface area contributed by atoms with Gasteiger partial charge in [-0.3, -0.25) is 4.79 Å². The maximum atomic E-state index is 10.8. The maximum Gasteiger partial charge on any atom is 0.290 e. The minimum Gasteiger partial charge on any atom is -0.503 e. The molecule has 2 heterocycles. The number of H-pyrrole nitrogens is 1. The summed E-state index contributed by atoms with van der Waals surface area (Å²) in [5.74, 6) is -0.355. The minimum atomic E-state index is -0.541. The number of pyridine rings is 1. The van der Waals surface area contributed by atoms with Crippen LogP contribution in [-0.4, -0.2) is 15.2 Å². The zero-order chi connectivity index (χ0) is 7.84. The second-order valence-corrected chi connectivity index (χ2v) is 2.10. The Labute approximate surface area is 60.3 Å². The van der Waals surface area contributed by atoms with E-state index in [1.165, 1.54) is 12.3 Å². The Morgan fingerprint density at radius 1 is 1.64 bits per heavy atom. The van der Waals surface area contributed by atoms with Crippen LogP contribution in [0.5, 0.6) is 5.75 Å². The van der Waals surface area contributed by atoms with Crippen LogP contribution in [0.4, 0.5) is 0 Å². The average Bonchev–Trinajstić information content (AvgIpc) is 2.36. The van der Waals surface area contributed by atoms with Gasteiger partial charge in [0.05, 0.1) is 0 Å². The number of aromatic nitrogens is 2. The number of fused-ring (bicyclic) bond motifs is 1. The highest BCUT2D eigenvalue weighted by Gasteiger charge is 2.02. The monoisotopic (exact) mass is 152 g/mol. The summed E-state index contributed by atoms with van der Waals surface area (Å²) in [4.78, 5) is 13.1. The standard InChI is InChI=1S/C6H4N2O3/c9-5-1-3-4(2-11-8-3)7-6(5)10/h1-2,9H,(H,7,10). The molecule has 0 amide bonds. The van der Waals surface area contributed by atoms with Gasteiger partial charge in [0.25, 0.3) is 5.56 Å². The molecule has 0 radical (unpaired) electrons. The smallest absolute Gasteiger partial charge is 0.290 e. The summed E-state index contributed by atoms with van der Waals surface area (Å²) >= 11 is 0. The van der Waals surface area contributed by atoms with Crippen LogP contribution in [0.2, 0.25) is 0 Å². The molecule has 56 valence electrons. The molecule has 0 atom stereocenters. The summed E-state index contributed by atoms with van der Waals surface area (Å²) in [6, 6.07) is 1.25. The van der Waals surface area contributed by atoms with Gasteiger partial charge in [0.1, 0.15) is 17.3 Å². The Morgan fingerprint density at radius 2 is 2.45 bits per heavy atom. The van der Waals surface area contributed by atoms with Crippen molar-refractivity contribution in [3.05, 3.63) is 22.7 Å². The Balaban J connectivity index is 2.97. The van der Waals surface area contributed by atoms with Gasteiger partial charge in [-0.05, 0) is 0 Å². The summed E-state index contributed by atoms with van der Waals surface area (Å²) < 4.78 is 4.54. The maximum absolute atomic E-state index is 10.8. The third kappa shape index (κ3) is 0.778. The Hall–Kier alpha value is -1.78. The van der Waals surface area contributed by atoms with Gasteiger partial charge in [-0.25, -0.2) is 0 Å². The summed E-state index contributed by atoms with van der Waals surface area (Å²) in [6.07, 6.45) is 1.30. The predicted molar refractivity (Wildman–Crippen MR) is 36.3 cm³/mol. The van der Waals surface area contributed by atoms with E-state index in [1.807, 2.05) is 0 Å². The molecular formula is C6H4N2O3. The predicted octanol–water partition coefficient (Wildman–Crippen LogP) is 0.222. The first-order valence-electron chi connectivity index (χ1n) is 2.94. The lowest BCUT2D eigenvalue weighted by molar-refractivity contribution is 0.427. The number of nitrogens with one attached hydrogen (secondary N) is 1. The average molecular weight is 152 g/mol. The number of nitrogens with zero attached hydrogens (tertiary/aromatic N) is 1. The van der Waals surface area contributed by atoms with E-state index in [-0.39, 0.29) is 5.75 Å². The fraction of sp³-hybridized carbons (Fsp3) is 0. The van der Waals surface area contributed by atoms with Crippen LogP contribution in [0.3, 0.4) is 0 Å². The zero-order valence-electron chi connectivity index (χ0n) is 5.37. The van der Waals surface area contributed by atoms with E-state index in [9.17, 15) is 4.79 Å². The van der Waals surface area contributed by atoms with Crippen molar-refractivity contribution >= 4 is 11.0 Å². The van der Waals surface area contributed by atoms with E-state index < -0.39 is 5.56 Å². The highest BCUT2D eigenvalue weighted by molar-refractivity contribution is 5.73. The number of hydrogen-bond acceptors (Lipinski definition) is 4. The molecule has 2 N–H and O–H groups in total. The largest absolute Gasteiger partial charge is 0.503 e. The molecule has 0 spiro atoms. The second-order valence-electron chi connectivity index (χ2n) is 2.10. The highest BCUT2D eigenvalue weighted by Crippen LogP contribution is 2.10. The van der Waals surface area contributed by atoms with E-state index in [4.69, 9.17) is 5.11 Å². The summed E-state index contributed by atoms with van der Waals surface area (Å²) in [7, 11) is 0. The molecule has 0 saturated carbocycles. The molecule has 11 heavy (non-hydrogen) atoms. The van der Waals surface area contributed by atoms with E-state index in [1.54, 1.807) is 0 Å². The fourth-order valence-electron chi connectivity index (χ4n) is 0.824. The van der Waals surface area contributed by atoms with Crippen LogP contribution in [0.25, 0.3) is 11.0 Å². The lowest BCUT2D eigenvalue weighted by Gasteiger charge is -1.87. The van der Waals surface area contributed by atoms with Gasteiger partial charge in [0, 0.05) is 6.07 Å². The third-order valence-electron chi connectivity index (χ3n) is 1.35. The topological polar surface area (TPSA) is 79.1 Å². The molecule has 0 aliphatic carbocycles. The van der Waals surface area contributed by atoms with Crippen molar-refractivity contribution < 1.29 is 9.63 Å². The molecule has 2 rings (SSSR count). The van der Waals surface area contributed by atoms with Crippen molar-refractivity contribution in [3.63, 3.8) is 0 Å². The van der Waals surface area contributed by atoms with Gasteiger partial charge in [0.2, 0.25) is 0 Å². The van der Waals surface area contributed by atoms with Crippen LogP contribution in [0, 0.1) is 0 Å². The van der Waals surface area contributed by atoms with Crippen molar-refractivity contribution in [2.24, 2.45) is 0 Å². The SMILES string of the molecule is O=c1[nH]c2conc2cc1O. The molecule has 5 heteroatoms. The first-order chi connectivity index (χ1) is 5.27. The number of rotatable bonds is 0. The second kappa shape index (κ2) is 1.85. The molecule has 0 saturated heterocycles. The molecule has 5 nitrogen and oxygen atoms in total. The van der Waals surface area contributed by atoms with E-state index >= 15 is 0 Å². The lowest BCUT2D eigenvalue weighted by Crippen LogP contribution is -2.03. The van der Waals surface area contributed by atoms with Crippen LogP contribution >= 0.6 is 0 Å². The Kier molecular flexibility index (Phi) is 1.00. The first-order valence-corrected chi connectivity index (χ1v) is 2.94. The van der Waals surface area contributed by atoms with Crippen LogP contribution in [0.1, 0.15) is 0 Å². The number of aromatic hydroxyl groups is 1. The molecule has 0 aromatic carbocycles. The van der Waals surface area contributed by atoms with Crippen molar-refractivity contribution in [2.75, 3.05) is 0 Å². The summed E-state index contributed by atoms with van der Waals surface area (Å²) in [6.45, 7) is 0. The van der Waals surface area contributed by atoms with E-state index in [0.29, 0.717) is 11.0 Å². The van der Waals surface area contributed by atoms with Crippen molar-refractivity contribution in [3.8, 4) is 5.75 Å². The van der Waals surface area contributed by atoms with Crippen LogP contribution < -0.4 is 5.56 Å². The van der Waals surface area contributed by atoms with Gasteiger partial charge in [0.15, 0.2) is 5.75 Å². The van der Waals surface area contributed by atoms with Crippen LogP contribution in [-0.2, 0) is 0 Å². The van der Waals surface area contributed by atoms with Gasteiger partial charge in [-0.15, -0.1) is 0 Å². The molecule has 0 bridgehead atoms. The van der Waals surface area contributed by atoms with Gasteiger partial charge in [-0.1, -0.05) is 5.16 Å².